The molecule has 0 unspecified atom stereocenters. The first-order valence-electron chi connectivity index (χ1n) is 22.7. The van der Waals surface area contributed by atoms with E-state index >= 15 is 0 Å². The summed E-state index contributed by atoms with van der Waals surface area (Å²) in [4.78, 5) is 2.47. The van der Waals surface area contributed by atoms with Crippen LogP contribution >= 0.6 is 11.3 Å². The molecule has 0 atom stereocenters. The van der Waals surface area contributed by atoms with Crippen LogP contribution in [0.15, 0.2) is 237 Å². The van der Waals surface area contributed by atoms with Crippen LogP contribution in [0.2, 0.25) is 0 Å². The van der Waals surface area contributed by atoms with E-state index in [2.05, 4.69) is 241 Å². The molecule has 2 aliphatic rings. The summed E-state index contributed by atoms with van der Waals surface area (Å²) in [7, 11) is 0. The van der Waals surface area contributed by atoms with Gasteiger partial charge in [-0.05, 0) is 91.7 Å². The summed E-state index contributed by atoms with van der Waals surface area (Å²) in [5.41, 5.74) is 14.9. The fourth-order valence-electron chi connectivity index (χ4n) is 11.3. The number of fused-ring (bicyclic) bond motifs is 16. The third kappa shape index (κ3) is 5.29. The van der Waals surface area contributed by atoms with E-state index in [0.29, 0.717) is 0 Å². The van der Waals surface area contributed by atoms with E-state index in [-0.39, 0.29) is 0 Å². The van der Waals surface area contributed by atoms with E-state index in [4.69, 9.17) is 4.74 Å². The van der Waals surface area contributed by atoms with Crippen molar-refractivity contribution in [2.45, 2.75) is 5.41 Å². The predicted octanol–water partition coefficient (Wildman–Crippen LogP) is 17.6. The number of nitrogens with zero attached hydrogens (tertiary/aromatic N) is 1. The second-order valence-electron chi connectivity index (χ2n) is 17.5. The molecule has 11 aromatic carbocycles. The van der Waals surface area contributed by atoms with Gasteiger partial charge in [0.25, 0.3) is 0 Å². The van der Waals surface area contributed by atoms with Crippen LogP contribution < -0.4 is 9.64 Å². The molecule has 2 heterocycles. The van der Waals surface area contributed by atoms with Gasteiger partial charge in [0.05, 0.1) is 15.8 Å². The number of benzene rings is 11. The summed E-state index contributed by atoms with van der Waals surface area (Å²) in [6.07, 6.45) is 0. The first kappa shape index (κ1) is 37.2. The average Bonchev–Trinajstić information content (AvgIpc) is 3.91. The molecule has 0 saturated carbocycles. The van der Waals surface area contributed by atoms with E-state index in [0.717, 1.165) is 55.7 Å². The third-order valence-corrected chi connectivity index (χ3v) is 15.3. The normalized spacial score (nSPS) is 13.1. The largest absolute Gasteiger partial charge is 0.455 e. The smallest absolute Gasteiger partial charge is 0.140 e. The summed E-state index contributed by atoms with van der Waals surface area (Å²) in [5.74, 6) is 1.85. The van der Waals surface area contributed by atoms with Gasteiger partial charge in [-0.25, -0.2) is 0 Å². The Morgan fingerprint density at radius 1 is 0.364 bits per heavy atom. The van der Waals surface area contributed by atoms with Gasteiger partial charge in [0, 0.05) is 48.7 Å². The topological polar surface area (TPSA) is 12.5 Å². The Kier molecular flexibility index (Phi) is 8.10. The quantitative estimate of drug-likeness (QED) is 0.171. The third-order valence-electron chi connectivity index (χ3n) is 14.1. The van der Waals surface area contributed by atoms with E-state index in [1.54, 1.807) is 0 Å². The highest BCUT2D eigenvalue weighted by atomic mass is 32.1. The molecule has 1 spiro atoms. The lowest BCUT2D eigenvalue weighted by molar-refractivity contribution is 0.447. The van der Waals surface area contributed by atoms with E-state index in [9.17, 15) is 0 Å². The zero-order valence-electron chi connectivity index (χ0n) is 35.8. The molecular weight excluding hydrogens is 819 g/mol. The van der Waals surface area contributed by atoms with Crippen LogP contribution in [-0.2, 0) is 5.41 Å². The first-order valence-corrected chi connectivity index (χ1v) is 23.5. The monoisotopic (exact) mass is 857 g/mol. The van der Waals surface area contributed by atoms with Crippen LogP contribution in [0.5, 0.6) is 11.5 Å². The van der Waals surface area contributed by atoms with Crippen molar-refractivity contribution in [3.63, 3.8) is 0 Å². The van der Waals surface area contributed by atoms with Gasteiger partial charge in [-0.1, -0.05) is 200 Å². The molecule has 308 valence electrons. The average molecular weight is 858 g/mol. The summed E-state index contributed by atoms with van der Waals surface area (Å²) in [6.45, 7) is 0. The Balaban J connectivity index is 1.02. The van der Waals surface area contributed by atoms with Crippen LogP contribution in [0.4, 0.5) is 17.1 Å². The van der Waals surface area contributed by atoms with E-state index in [1.165, 1.54) is 70.2 Å². The van der Waals surface area contributed by atoms with Gasteiger partial charge in [-0.2, -0.15) is 0 Å². The Morgan fingerprint density at radius 2 is 0.909 bits per heavy atom. The second-order valence-corrected chi connectivity index (χ2v) is 18.6. The van der Waals surface area contributed by atoms with Crippen molar-refractivity contribution in [1.82, 2.24) is 0 Å². The molecule has 0 bridgehead atoms. The zero-order valence-corrected chi connectivity index (χ0v) is 36.6. The minimum Gasteiger partial charge on any atom is -0.455 e. The minimum absolute atomic E-state index is 0.628. The molecule has 0 fully saturated rings. The number of hydrogen-bond acceptors (Lipinski definition) is 3. The fourth-order valence-corrected chi connectivity index (χ4v) is 12.5. The lowest BCUT2D eigenvalue weighted by atomic mass is 9.65. The summed E-state index contributed by atoms with van der Waals surface area (Å²) >= 11 is 1.87. The summed E-state index contributed by atoms with van der Waals surface area (Å²) in [6, 6.07) is 87.0. The molecule has 12 aromatic rings. The van der Waals surface area contributed by atoms with Crippen LogP contribution in [-0.4, -0.2) is 0 Å². The lowest BCUT2D eigenvalue weighted by Gasteiger charge is -2.40. The number of ether oxygens (including phenoxy) is 1. The van der Waals surface area contributed by atoms with Gasteiger partial charge in [-0.3, -0.25) is 0 Å². The van der Waals surface area contributed by atoms with Gasteiger partial charge in [0.2, 0.25) is 0 Å². The van der Waals surface area contributed by atoms with Gasteiger partial charge in [-0.15, -0.1) is 11.3 Å². The van der Waals surface area contributed by atoms with Crippen molar-refractivity contribution in [2.24, 2.45) is 0 Å². The molecule has 66 heavy (non-hydrogen) atoms. The van der Waals surface area contributed by atoms with E-state index < -0.39 is 5.41 Å². The maximum Gasteiger partial charge on any atom is 0.140 e. The zero-order chi connectivity index (χ0) is 43.3. The maximum absolute atomic E-state index is 7.24. The molecule has 1 aliphatic carbocycles. The van der Waals surface area contributed by atoms with Crippen LogP contribution in [0.25, 0.3) is 75.1 Å². The molecule has 0 saturated heterocycles. The highest BCUT2D eigenvalue weighted by Gasteiger charge is 2.52. The van der Waals surface area contributed by atoms with E-state index in [1.807, 2.05) is 11.3 Å². The molecule has 1 aromatic heterocycles. The predicted molar refractivity (Wildman–Crippen MR) is 277 cm³/mol. The molecule has 1 aliphatic heterocycles. The Labute approximate surface area is 386 Å². The molecule has 0 amide bonds. The SMILES string of the molecule is c1ccc(-c2cccc(N(c3cccc(-c4cccc5c4-c4ccccc4C54c5ccc6ccccc6c5Oc5c4ccc4ccccc54)c3)c3cccc4c3sc3ccccc34)c2)cc1. The number of rotatable bonds is 5. The minimum atomic E-state index is -0.628. The molecule has 14 rings (SSSR count). The number of thiophene rings is 1. The molecule has 3 heteroatoms. The molecule has 0 radical (unpaired) electrons. The van der Waals surface area contributed by atoms with Crippen LogP contribution in [0.3, 0.4) is 0 Å². The summed E-state index contributed by atoms with van der Waals surface area (Å²) < 4.78 is 9.80. The van der Waals surface area contributed by atoms with Crippen molar-refractivity contribution in [3.05, 3.63) is 259 Å². The molecular formula is C63H39NOS. The second kappa shape index (κ2) is 14.4. The highest BCUT2D eigenvalue weighted by Crippen LogP contribution is 2.65. The van der Waals surface area contributed by atoms with Gasteiger partial charge >= 0.3 is 0 Å². The Morgan fingerprint density at radius 3 is 1.67 bits per heavy atom. The molecule has 0 N–H and O–H groups in total. The Hall–Kier alpha value is -8.24. The summed E-state index contributed by atoms with van der Waals surface area (Å²) in [5, 5.41) is 7.12. The molecule has 2 nitrogen and oxygen atoms in total. The van der Waals surface area contributed by atoms with Crippen molar-refractivity contribution in [2.75, 3.05) is 4.90 Å². The number of anilines is 3. The Bertz CT molecular complexity index is 3850. The first-order chi connectivity index (χ1) is 32.7. The van der Waals surface area contributed by atoms with Gasteiger partial charge in [0.1, 0.15) is 11.5 Å². The van der Waals surface area contributed by atoms with Crippen molar-refractivity contribution >= 4 is 70.1 Å². The number of hydrogen-bond donors (Lipinski definition) is 0. The highest BCUT2D eigenvalue weighted by molar-refractivity contribution is 7.26. The lowest BCUT2D eigenvalue weighted by Crippen LogP contribution is -2.32. The van der Waals surface area contributed by atoms with Gasteiger partial charge < -0.3 is 9.64 Å². The maximum atomic E-state index is 7.24. The van der Waals surface area contributed by atoms with Crippen LogP contribution in [0, 0.1) is 0 Å². The van der Waals surface area contributed by atoms with Crippen molar-refractivity contribution in [1.29, 1.82) is 0 Å². The van der Waals surface area contributed by atoms with Crippen molar-refractivity contribution < 1.29 is 4.74 Å². The van der Waals surface area contributed by atoms with Crippen molar-refractivity contribution in [3.8, 4) is 44.9 Å². The standard InChI is InChI=1S/C63H39NOS/c1-2-16-40(17-3-1)43-20-12-22-45(38-43)64(57-32-15-29-51-50-26-9-11-33-58(50)66-62(51)57)46-23-13-21-44(39-46)47-28-14-31-54-59(47)52-27-8-10-30-53(52)63(54)55-36-34-41-18-4-6-24-48(41)60(55)65-61-49-25-7-5-19-42(49)35-37-56(61)63/h1-39H. The fraction of sp³-hybridized carbons (Fsp3) is 0.0159. The van der Waals surface area contributed by atoms with Gasteiger partial charge in [0.15, 0.2) is 0 Å². The van der Waals surface area contributed by atoms with Crippen LogP contribution in [0.1, 0.15) is 22.3 Å².